The van der Waals surface area contributed by atoms with Crippen molar-refractivity contribution in [3.05, 3.63) is 28.8 Å². The minimum absolute atomic E-state index is 0.134. The Hall–Kier alpha value is -2.28. The lowest BCUT2D eigenvalue weighted by molar-refractivity contribution is -0.119. The van der Waals surface area contributed by atoms with Crippen LogP contribution in [0, 0.1) is 5.92 Å². The zero-order valence-electron chi connectivity index (χ0n) is 16.5. The van der Waals surface area contributed by atoms with Gasteiger partial charge in [-0.3, -0.25) is 4.79 Å². The van der Waals surface area contributed by atoms with Crippen LogP contribution in [0.5, 0.6) is 0 Å². The fourth-order valence-electron chi connectivity index (χ4n) is 2.23. The monoisotopic (exact) mass is 398 g/mol. The normalized spacial score (nSPS) is 13.3. The topological polar surface area (TPSA) is 93.7 Å². The molecule has 0 saturated heterocycles. The van der Waals surface area contributed by atoms with E-state index in [1.807, 2.05) is 13.8 Å². The lowest BCUT2D eigenvalue weighted by atomic mass is 9.98. The summed E-state index contributed by atoms with van der Waals surface area (Å²) in [6.07, 6.45) is -0.00337. The van der Waals surface area contributed by atoms with E-state index in [0.29, 0.717) is 12.1 Å². The number of halogens is 1. The molecule has 0 fully saturated rings. The molecular formula is C19H27ClN2O5. The third-order valence-corrected chi connectivity index (χ3v) is 4.14. The molecule has 150 valence electrons. The first kappa shape index (κ1) is 22.8. The molecule has 0 aromatic heterocycles. The van der Waals surface area contributed by atoms with E-state index >= 15 is 0 Å². The summed E-state index contributed by atoms with van der Waals surface area (Å²) in [5.74, 6) is -1.17. The van der Waals surface area contributed by atoms with Gasteiger partial charge < -0.3 is 20.1 Å². The molecule has 0 aliphatic rings. The second-order valence-corrected chi connectivity index (χ2v) is 7.59. The number of hydrogen-bond donors (Lipinski definition) is 2. The molecule has 0 spiro atoms. The Kier molecular flexibility index (Phi) is 8.09. The maximum absolute atomic E-state index is 12.7. The number of alkyl carbamates (subject to hydrolysis) is 1. The number of carbonyl (C=O) groups is 3. The second-order valence-electron chi connectivity index (χ2n) is 7.18. The van der Waals surface area contributed by atoms with Crippen LogP contribution in [-0.4, -0.2) is 36.7 Å². The van der Waals surface area contributed by atoms with Crippen LogP contribution in [0.1, 0.15) is 51.4 Å². The van der Waals surface area contributed by atoms with Crippen molar-refractivity contribution in [3.8, 4) is 0 Å². The molecule has 1 rings (SSSR count). The summed E-state index contributed by atoms with van der Waals surface area (Å²) in [4.78, 5) is 36.5. The molecule has 1 aromatic carbocycles. The van der Waals surface area contributed by atoms with Crippen molar-refractivity contribution in [2.75, 3.05) is 12.4 Å². The highest BCUT2D eigenvalue weighted by Gasteiger charge is 2.28. The van der Waals surface area contributed by atoms with Crippen molar-refractivity contribution < 1.29 is 23.9 Å². The predicted octanol–water partition coefficient (Wildman–Crippen LogP) is 4.00. The van der Waals surface area contributed by atoms with Crippen LogP contribution in [0.3, 0.4) is 0 Å². The number of hydrogen-bond acceptors (Lipinski definition) is 5. The SMILES string of the molecule is CCC(C)C(NC(=O)OC(C)(C)C)C(=O)Nc1ccc(Cl)c(C(=O)OC)c1. The average Bonchev–Trinajstić information content (AvgIpc) is 2.58. The van der Waals surface area contributed by atoms with Crippen molar-refractivity contribution in [1.82, 2.24) is 5.32 Å². The fraction of sp³-hybridized carbons (Fsp3) is 0.526. The van der Waals surface area contributed by atoms with E-state index in [9.17, 15) is 14.4 Å². The van der Waals surface area contributed by atoms with Gasteiger partial charge in [0, 0.05) is 5.69 Å². The van der Waals surface area contributed by atoms with Crippen molar-refractivity contribution in [1.29, 1.82) is 0 Å². The lowest BCUT2D eigenvalue weighted by Crippen LogP contribution is -2.49. The zero-order chi connectivity index (χ0) is 20.8. The molecule has 0 aliphatic carbocycles. The van der Waals surface area contributed by atoms with Crippen LogP contribution in [0.15, 0.2) is 18.2 Å². The van der Waals surface area contributed by atoms with Gasteiger partial charge in [-0.15, -0.1) is 0 Å². The molecule has 2 N–H and O–H groups in total. The molecule has 0 radical (unpaired) electrons. The number of rotatable bonds is 6. The molecule has 2 atom stereocenters. The van der Waals surface area contributed by atoms with Gasteiger partial charge in [0.25, 0.3) is 0 Å². The number of anilines is 1. The first-order valence-electron chi connectivity index (χ1n) is 8.66. The summed E-state index contributed by atoms with van der Waals surface area (Å²) in [6, 6.07) is 3.67. The Bertz CT molecular complexity index is 700. The summed E-state index contributed by atoms with van der Waals surface area (Å²) in [5.41, 5.74) is -0.173. The molecule has 0 heterocycles. The Morgan fingerprint density at radius 1 is 1.22 bits per heavy atom. The van der Waals surface area contributed by atoms with Crippen LogP contribution in [0.25, 0.3) is 0 Å². The number of nitrogens with one attached hydrogen (secondary N) is 2. The molecule has 27 heavy (non-hydrogen) atoms. The summed E-state index contributed by atoms with van der Waals surface area (Å²) in [6.45, 7) is 9.00. The van der Waals surface area contributed by atoms with Gasteiger partial charge in [-0.05, 0) is 44.9 Å². The molecule has 0 aliphatic heterocycles. The molecule has 2 amide bonds. The van der Waals surface area contributed by atoms with Crippen molar-refractivity contribution in [3.63, 3.8) is 0 Å². The van der Waals surface area contributed by atoms with Gasteiger partial charge in [0.05, 0.1) is 17.7 Å². The summed E-state index contributed by atoms with van der Waals surface area (Å²) in [5, 5.41) is 5.52. The number of methoxy groups -OCH3 is 1. The molecule has 7 nitrogen and oxygen atoms in total. The smallest absolute Gasteiger partial charge is 0.408 e. The molecule has 1 aromatic rings. The third-order valence-electron chi connectivity index (χ3n) is 3.81. The Labute approximate surface area is 164 Å². The lowest BCUT2D eigenvalue weighted by Gasteiger charge is -2.26. The highest BCUT2D eigenvalue weighted by atomic mass is 35.5. The van der Waals surface area contributed by atoms with E-state index in [-0.39, 0.29) is 16.5 Å². The highest BCUT2D eigenvalue weighted by Crippen LogP contribution is 2.22. The van der Waals surface area contributed by atoms with Crippen LogP contribution in [0.4, 0.5) is 10.5 Å². The van der Waals surface area contributed by atoms with E-state index in [1.54, 1.807) is 26.8 Å². The van der Waals surface area contributed by atoms with Gasteiger partial charge in [-0.2, -0.15) is 0 Å². The maximum Gasteiger partial charge on any atom is 0.408 e. The first-order chi connectivity index (χ1) is 12.5. The zero-order valence-corrected chi connectivity index (χ0v) is 17.3. The predicted molar refractivity (Wildman–Crippen MR) is 104 cm³/mol. The number of esters is 1. The number of benzene rings is 1. The summed E-state index contributed by atoms with van der Waals surface area (Å²) < 4.78 is 9.90. The summed E-state index contributed by atoms with van der Waals surface area (Å²) >= 11 is 5.99. The van der Waals surface area contributed by atoms with E-state index in [1.165, 1.54) is 19.2 Å². The first-order valence-corrected chi connectivity index (χ1v) is 9.04. The van der Waals surface area contributed by atoms with Crippen LogP contribution < -0.4 is 10.6 Å². The molecule has 8 heteroatoms. The second kappa shape index (κ2) is 9.60. The highest BCUT2D eigenvalue weighted by molar-refractivity contribution is 6.33. The molecule has 2 unspecified atom stereocenters. The Balaban J connectivity index is 2.97. The third kappa shape index (κ3) is 7.09. The minimum atomic E-state index is -0.804. The van der Waals surface area contributed by atoms with E-state index in [2.05, 4.69) is 15.4 Å². The van der Waals surface area contributed by atoms with Crippen molar-refractivity contribution >= 4 is 35.3 Å². The Morgan fingerprint density at radius 2 is 1.85 bits per heavy atom. The minimum Gasteiger partial charge on any atom is -0.465 e. The van der Waals surface area contributed by atoms with Gasteiger partial charge in [0.15, 0.2) is 0 Å². The van der Waals surface area contributed by atoms with Gasteiger partial charge >= 0.3 is 12.1 Å². The van der Waals surface area contributed by atoms with Crippen LogP contribution >= 0.6 is 11.6 Å². The molecule has 0 bridgehead atoms. The Morgan fingerprint density at radius 3 is 2.37 bits per heavy atom. The standard InChI is InChI=1S/C19H27ClN2O5/c1-7-11(2)15(22-18(25)27-19(3,4)5)16(23)21-12-8-9-14(20)13(10-12)17(24)26-6/h8-11,15H,7H2,1-6H3,(H,21,23)(H,22,25). The average molecular weight is 399 g/mol. The van der Waals surface area contributed by atoms with Gasteiger partial charge in [-0.25, -0.2) is 9.59 Å². The van der Waals surface area contributed by atoms with Crippen LogP contribution in [0.2, 0.25) is 5.02 Å². The van der Waals surface area contributed by atoms with E-state index in [0.717, 1.165) is 0 Å². The number of amides is 2. The maximum atomic E-state index is 12.7. The largest absolute Gasteiger partial charge is 0.465 e. The van der Waals surface area contributed by atoms with Gasteiger partial charge in [0.1, 0.15) is 11.6 Å². The quantitative estimate of drug-likeness (QED) is 0.706. The summed E-state index contributed by atoms with van der Waals surface area (Å²) in [7, 11) is 1.24. The number of ether oxygens (including phenoxy) is 2. The fourth-order valence-corrected chi connectivity index (χ4v) is 2.42. The van der Waals surface area contributed by atoms with Gasteiger partial charge in [-0.1, -0.05) is 31.9 Å². The molecular weight excluding hydrogens is 372 g/mol. The van der Waals surface area contributed by atoms with Gasteiger partial charge in [0.2, 0.25) is 5.91 Å². The van der Waals surface area contributed by atoms with E-state index in [4.69, 9.17) is 16.3 Å². The van der Waals surface area contributed by atoms with Crippen LogP contribution in [-0.2, 0) is 14.3 Å². The van der Waals surface area contributed by atoms with Crippen molar-refractivity contribution in [2.24, 2.45) is 5.92 Å². The van der Waals surface area contributed by atoms with Crippen molar-refractivity contribution in [2.45, 2.75) is 52.7 Å². The molecule has 0 saturated carbocycles. The van der Waals surface area contributed by atoms with E-state index < -0.39 is 29.6 Å². The number of carbonyl (C=O) groups excluding carboxylic acids is 3.